The van der Waals surface area contributed by atoms with Crippen LogP contribution in [0, 0.1) is 0 Å². The van der Waals surface area contributed by atoms with Crippen LogP contribution in [-0.4, -0.2) is 36.2 Å². The average molecular weight is 320 g/mol. The molecule has 1 amide bonds. The van der Waals surface area contributed by atoms with Crippen LogP contribution in [0.15, 0.2) is 43.0 Å². The summed E-state index contributed by atoms with van der Waals surface area (Å²) >= 11 is 1.88. The highest BCUT2D eigenvalue weighted by Gasteiger charge is 2.29. The molecule has 2 rings (SSSR count). The van der Waals surface area contributed by atoms with Crippen LogP contribution in [0.25, 0.3) is 0 Å². The lowest BCUT2D eigenvalue weighted by Gasteiger charge is -2.36. The van der Waals surface area contributed by atoms with Gasteiger partial charge in [-0.25, -0.2) is 4.79 Å². The van der Waals surface area contributed by atoms with E-state index in [0.717, 1.165) is 36.5 Å². The van der Waals surface area contributed by atoms with E-state index in [1.54, 1.807) is 0 Å². The highest BCUT2D eigenvalue weighted by molar-refractivity contribution is 7.99. The quantitative estimate of drug-likeness (QED) is 0.542. The molecule has 0 aromatic heterocycles. The van der Waals surface area contributed by atoms with E-state index in [9.17, 15) is 4.79 Å². The maximum Gasteiger partial charge on any atom is 0.407 e. The first-order valence-electron chi connectivity index (χ1n) is 7.67. The van der Waals surface area contributed by atoms with Crippen molar-refractivity contribution in [3.05, 3.63) is 48.6 Å². The van der Waals surface area contributed by atoms with E-state index in [0.29, 0.717) is 12.6 Å². The maximum absolute atomic E-state index is 11.7. The zero-order valence-electron chi connectivity index (χ0n) is 12.8. The van der Waals surface area contributed by atoms with Gasteiger partial charge in [-0.05, 0) is 18.4 Å². The van der Waals surface area contributed by atoms with Crippen LogP contribution in [0.5, 0.6) is 0 Å². The molecule has 0 heterocycles. The molecule has 1 aromatic carbocycles. The fraction of sp³-hybridized carbons (Fsp3) is 0.471. The summed E-state index contributed by atoms with van der Waals surface area (Å²) in [5.41, 5.74) is 1.00. The van der Waals surface area contributed by atoms with Crippen molar-refractivity contribution in [3.63, 3.8) is 0 Å². The molecule has 1 fully saturated rings. The number of ether oxygens (including phenoxy) is 1. The van der Waals surface area contributed by atoms with Gasteiger partial charge in [-0.2, -0.15) is 11.8 Å². The smallest absolute Gasteiger partial charge is 0.407 e. The van der Waals surface area contributed by atoms with E-state index in [1.165, 1.54) is 0 Å². The van der Waals surface area contributed by atoms with E-state index in [-0.39, 0.29) is 12.1 Å². The van der Waals surface area contributed by atoms with Crippen molar-refractivity contribution >= 4 is 17.9 Å². The molecule has 0 aliphatic heterocycles. The molecule has 1 aromatic rings. The molecular weight excluding hydrogens is 296 g/mol. The van der Waals surface area contributed by atoms with Crippen LogP contribution in [0.2, 0.25) is 0 Å². The number of carbonyl (C=O) groups excluding carboxylic acids is 1. The Hall–Kier alpha value is -1.46. The first kappa shape index (κ1) is 16.9. The normalized spacial score (nSPS) is 20.0. The second kappa shape index (κ2) is 9.54. The van der Waals surface area contributed by atoms with Crippen LogP contribution in [-0.2, 0) is 11.3 Å². The van der Waals surface area contributed by atoms with E-state index < -0.39 is 0 Å². The van der Waals surface area contributed by atoms with Gasteiger partial charge in [-0.1, -0.05) is 36.4 Å². The maximum atomic E-state index is 11.7. The zero-order chi connectivity index (χ0) is 15.6. The van der Waals surface area contributed by atoms with Gasteiger partial charge in [0.2, 0.25) is 0 Å². The summed E-state index contributed by atoms with van der Waals surface area (Å²) < 4.78 is 5.21. The monoisotopic (exact) mass is 320 g/mol. The number of benzene rings is 1. The molecule has 5 heteroatoms. The Morgan fingerprint density at radius 3 is 2.82 bits per heavy atom. The second-order valence-electron chi connectivity index (χ2n) is 5.39. The molecule has 0 spiro atoms. The molecule has 0 saturated heterocycles. The van der Waals surface area contributed by atoms with Crippen molar-refractivity contribution < 1.29 is 9.53 Å². The number of hydrogen-bond donors (Lipinski definition) is 2. The van der Waals surface area contributed by atoms with Crippen molar-refractivity contribution in [1.82, 2.24) is 10.6 Å². The van der Waals surface area contributed by atoms with Gasteiger partial charge in [-0.3, -0.25) is 0 Å². The standard InChI is InChI=1S/C17H24N2O2S/c1-2-9-22-10-8-18-15-11-16(12-15)19-17(20)21-13-14-6-4-3-5-7-14/h2-7,15-16,18H,1,8-13H2,(H,19,20). The second-order valence-corrected chi connectivity index (χ2v) is 6.54. The predicted molar refractivity (Wildman–Crippen MR) is 92.1 cm³/mol. The molecule has 0 unspecified atom stereocenters. The van der Waals surface area contributed by atoms with Crippen LogP contribution in [0.3, 0.4) is 0 Å². The Morgan fingerprint density at radius 1 is 1.32 bits per heavy atom. The van der Waals surface area contributed by atoms with Crippen molar-refractivity contribution in [1.29, 1.82) is 0 Å². The summed E-state index contributed by atoms with van der Waals surface area (Å²) in [5, 5.41) is 6.40. The molecule has 2 N–H and O–H groups in total. The van der Waals surface area contributed by atoms with Crippen LogP contribution < -0.4 is 10.6 Å². The summed E-state index contributed by atoms with van der Waals surface area (Å²) in [4.78, 5) is 11.7. The van der Waals surface area contributed by atoms with Crippen molar-refractivity contribution in [2.75, 3.05) is 18.1 Å². The van der Waals surface area contributed by atoms with Crippen LogP contribution >= 0.6 is 11.8 Å². The molecule has 0 radical (unpaired) electrons. The molecule has 0 atom stereocenters. The summed E-state index contributed by atoms with van der Waals surface area (Å²) in [6, 6.07) is 10.5. The van der Waals surface area contributed by atoms with Gasteiger partial charge < -0.3 is 15.4 Å². The number of rotatable bonds is 9. The third-order valence-electron chi connectivity index (χ3n) is 3.59. The summed E-state index contributed by atoms with van der Waals surface area (Å²) in [6.07, 6.45) is 3.56. The van der Waals surface area contributed by atoms with Crippen LogP contribution in [0.4, 0.5) is 4.79 Å². The van der Waals surface area contributed by atoms with Gasteiger partial charge in [0, 0.05) is 30.1 Å². The minimum Gasteiger partial charge on any atom is -0.445 e. The van der Waals surface area contributed by atoms with Crippen molar-refractivity contribution in [2.24, 2.45) is 0 Å². The van der Waals surface area contributed by atoms with E-state index in [4.69, 9.17) is 4.74 Å². The third-order valence-corrected chi connectivity index (χ3v) is 4.55. The average Bonchev–Trinajstić information content (AvgIpc) is 2.51. The van der Waals surface area contributed by atoms with Gasteiger partial charge in [0.05, 0.1) is 0 Å². The first-order valence-corrected chi connectivity index (χ1v) is 8.82. The fourth-order valence-corrected chi connectivity index (χ4v) is 2.93. The molecule has 1 saturated carbocycles. The lowest BCUT2D eigenvalue weighted by molar-refractivity contribution is 0.126. The number of thioether (sulfide) groups is 1. The Bertz CT molecular complexity index is 461. The van der Waals surface area contributed by atoms with Crippen LogP contribution in [0.1, 0.15) is 18.4 Å². The number of alkyl carbamates (subject to hydrolysis) is 1. The van der Waals surface area contributed by atoms with Gasteiger partial charge in [-0.15, -0.1) is 6.58 Å². The first-order chi connectivity index (χ1) is 10.8. The Balaban J connectivity index is 1.50. The van der Waals surface area contributed by atoms with Gasteiger partial charge in [0.15, 0.2) is 0 Å². The Kier molecular flexibility index (Phi) is 7.33. The SMILES string of the molecule is C=CCSCCNC1CC(NC(=O)OCc2ccccc2)C1. The fourth-order valence-electron chi connectivity index (χ4n) is 2.34. The molecule has 4 nitrogen and oxygen atoms in total. The largest absolute Gasteiger partial charge is 0.445 e. The molecule has 1 aliphatic carbocycles. The number of amides is 1. The Morgan fingerprint density at radius 2 is 2.09 bits per heavy atom. The molecule has 22 heavy (non-hydrogen) atoms. The molecule has 120 valence electrons. The van der Waals surface area contributed by atoms with E-state index in [1.807, 2.05) is 48.2 Å². The molecule has 0 bridgehead atoms. The number of nitrogens with one attached hydrogen (secondary N) is 2. The highest BCUT2D eigenvalue weighted by atomic mass is 32.2. The van der Waals surface area contributed by atoms with Crippen molar-refractivity contribution in [2.45, 2.75) is 31.5 Å². The topological polar surface area (TPSA) is 50.4 Å². The van der Waals surface area contributed by atoms with Crippen molar-refractivity contribution in [3.8, 4) is 0 Å². The zero-order valence-corrected chi connectivity index (χ0v) is 13.6. The number of hydrogen-bond acceptors (Lipinski definition) is 4. The molecular formula is C17H24N2O2S. The predicted octanol–water partition coefficient (Wildman–Crippen LogP) is 2.95. The van der Waals surface area contributed by atoms with E-state index >= 15 is 0 Å². The minimum absolute atomic E-state index is 0.238. The lowest BCUT2D eigenvalue weighted by Crippen LogP contribution is -2.52. The van der Waals surface area contributed by atoms with Gasteiger partial charge in [0.25, 0.3) is 0 Å². The summed E-state index contributed by atoms with van der Waals surface area (Å²) in [5.74, 6) is 2.10. The lowest BCUT2D eigenvalue weighted by atomic mass is 9.87. The van der Waals surface area contributed by atoms with Gasteiger partial charge >= 0.3 is 6.09 Å². The third kappa shape index (κ3) is 6.12. The minimum atomic E-state index is -0.325. The number of carbonyl (C=O) groups is 1. The Labute approximate surface area is 136 Å². The summed E-state index contributed by atoms with van der Waals surface area (Å²) in [6.45, 7) is 5.03. The highest BCUT2D eigenvalue weighted by Crippen LogP contribution is 2.20. The summed E-state index contributed by atoms with van der Waals surface area (Å²) in [7, 11) is 0. The van der Waals surface area contributed by atoms with Gasteiger partial charge in [0.1, 0.15) is 6.61 Å². The molecule has 1 aliphatic rings. The van der Waals surface area contributed by atoms with E-state index in [2.05, 4.69) is 17.2 Å².